The third-order valence-corrected chi connectivity index (χ3v) is 6.81. The fourth-order valence-electron chi connectivity index (χ4n) is 4.83. The number of benzene rings is 2. The molecule has 1 saturated heterocycles. The van der Waals surface area contributed by atoms with E-state index in [0.717, 1.165) is 16.5 Å². The SMILES string of the molecule is C=N/C(=C\C)c1cccc(Cn2c(=O)c3cc(OC(CF)CF)ccc3n(C3CCN(C=O)CC3)c2=O)c1.CCC. The summed E-state index contributed by atoms with van der Waals surface area (Å²) in [7, 11) is 0. The Bertz CT molecular complexity index is 1490. The molecule has 1 aromatic heterocycles. The third kappa shape index (κ3) is 7.36. The van der Waals surface area contributed by atoms with Crippen molar-refractivity contribution in [1.82, 2.24) is 14.0 Å². The zero-order valence-electron chi connectivity index (χ0n) is 23.9. The summed E-state index contributed by atoms with van der Waals surface area (Å²) in [5.41, 5.74) is 1.60. The van der Waals surface area contributed by atoms with Gasteiger partial charge in [0.2, 0.25) is 6.41 Å². The number of likely N-dealkylation sites (tertiary alicyclic amines) is 1. The van der Waals surface area contributed by atoms with E-state index in [1.165, 1.54) is 18.6 Å². The van der Waals surface area contributed by atoms with Gasteiger partial charge in [-0.25, -0.2) is 13.6 Å². The molecule has 0 N–H and O–H groups in total. The lowest BCUT2D eigenvalue weighted by Crippen LogP contribution is -2.44. The van der Waals surface area contributed by atoms with Crippen molar-refractivity contribution in [3.05, 3.63) is 80.5 Å². The molecule has 4 rings (SSSR count). The maximum atomic E-state index is 13.8. The van der Waals surface area contributed by atoms with Crippen LogP contribution in [0.25, 0.3) is 16.6 Å². The van der Waals surface area contributed by atoms with E-state index in [-0.39, 0.29) is 23.7 Å². The highest BCUT2D eigenvalue weighted by atomic mass is 19.1. The summed E-state index contributed by atoms with van der Waals surface area (Å²) >= 11 is 0. The molecule has 0 bridgehead atoms. The van der Waals surface area contributed by atoms with Crippen molar-refractivity contribution in [3.8, 4) is 5.75 Å². The molecule has 2 heterocycles. The molecule has 8 nitrogen and oxygen atoms in total. The predicted molar refractivity (Wildman–Crippen MR) is 159 cm³/mol. The van der Waals surface area contributed by atoms with Gasteiger partial charge in [-0.05, 0) is 56.3 Å². The van der Waals surface area contributed by atoms with E-state index < -0.39 is 30.7 Å². The number of hydrogen-bond acceptors (Lipinski definition) is 5. The van der Waals surface area contributed by atoms with Crippen LogP contribution in [-0.2, 0) is 11.3 Å². The first-order chi connectivity index (χ1) is 19.8. The molecule has 0 unspecified atom stereocenters. The molecular weight excluding hydrogens is 530 g/mol. The van der Waals surface area contributed by atoms with Gasteiger partial charge in [-0.15, -0.1) is 0 Å². The highest BCUT2D eigenvalue weighted by Crippen LogP contribution is 2.26. The molecule has 1 aliphatic heterocycles. The number of hydrogen-bond donors (Lipinski definition) is 0. The molecule has 1 fully saturated rings. The Kier molecular flexibility index (Phi) is 11.6. The Labute approximate surface area is 238 Å². The summed E-state index contributed by atoms with van der Waals surface area (Å²) in [5, 5.41) is 0.203. The molecular formula is C31H38F2N4O4. The maximum Gasteiger partial charge on any atom is 0.332 e. The summed E-state index contributed by atoms with van der Waals surface area (Å²) in [5.74, 6) is 0.138. The van der Waals surface area contributed by atoms with Crippen LogP contribution in [0.5, 0.6) is 5.75 Å². The van der Waals surface area contributed by atoms with Crippen molar-refractivity contribution in [1.29, 1.82) is 0 Å². The van der Waals surface area contributed by atoms with Gasteiger partial charge in [0.25, 0.3) is 5.56 Å². The Hall–Kier alpha value is -4.08. The van der Waals surface area contributed by atoms with E-state index in [1.54, 1.807) is 15.5 Å². The van der Waals surface area contributed by atoms with Crippen LogP contribution in [0.2, 0.25) is 0 Å². The number of amides is 1. The standard InChI is InChI=1S/C28H30F2N4O4.C3H8/c1-3-25(31-2)20-6-4-5-19(13-20)17-33-27(36)24-14-22(38-23(15-29)16-30)7-8-26(24)34(28(33)37)21-9-11-32(18-35)12-10-21;1-3-2/h3-8,13-14,18,21,23H,2,9-12,15-17H2,1H3;3H2,1-2H3/b25-3-;. The van der Waals surface area contributed by atoms with Crippen molar-refractivity contribution in [3.63, 3.8) is 0 Å². The first kappa shape index (κ1) is 31.4. The predicted octanol–water partition coefficient (Wildman–Crippen LogP) is 5.17. The fourth-order valence-corrected chi connectivity index (χ4v) is 4.83. The van der Waals surface area contributed by atoms with E-state index in [2.05, 4.69) is 25.6 Å². The molecule has 2 aromatic carbocycles. The molecule has 41 heavy (non-hydrogen) atoms. The number of alkyl halides is 2. The van der Waals surface area contributed by atoms with Crippen molar-refractivity contribution in [2.45, 2.75) is 58.7 Å². The van der Waals surface area contributed by atoms with Gasteiger partial charge in [0.1, 0.15) is 19.1 Å². The number of carbonyl (C=O) groups is 1. The van der Waals surface area contributed by atoms with Gasteiger partial charge < -0.3 is 9.64 Å². The quantitative estimate of drug-likeness (QED) is 0.250. The first-order valence-electron chi connectivity index (χ1n) is 13.8. The third-order valence-electron chi connectivity index (χ3n) is 6.81. The summed E-state index contributed by atoms with van der Waals surface area (Å²) in [6, 6.07) is 11.6. The summed E-state index contributed by atoms with van der Waals surface area (Å²) in [6.07, 6.45) is 3.66. The average molecular weight is 569 g/mol. The van der Waals surface area contributed by atoms with Crippen LogP contribution in [-0.4, -0.2) is 59.7 Å². The second-order valence-corrected chi connectivity index (χ2v) is 9.88. The minimum absolute atomic E-state index is 0.00539. The van der Waals surface area contributed by atoms with Crippen molar-refractivity contribution < 1.29 is 18.3 Å². The lowest BCUT2D eigenvalue weighted by atomic mass is 10.0. The largest absolute Gasteiger partial charge is 0.485 e. The second kappa shape index (κ2) is 15.1. The number of halogens is 2. The number of rotatable bonds is 10. The molecule has 0 radical (unpaired) electrons. The number of carbonyl (C=O) groups excluding carboxylic acids is 1. The highest BCUT2D eigenvalue weighted by molar-refractivity contribution is 5.80. The van der Waals surface area contributed by atoms with Gasteiger partial charge in [-0.2, -0.15) is 0 Å². The van der Waals surface area contributed by atoms with Gasteiger partial charge in [0, 0.05) is 24.7 Å². The number of aromatic nitrogens is 2. The molecule has 1 aliphatic rings. The van der Waals surface area contributed by atoms with E-state index in [9.17, 15) is 23.2 Å². The fraction of sp³-hybridized carbons (Fsp3) is 0.419. The lowest BCUT2D eigenvalue weighted by molar-refractivity contribution is -0.119. The number of nitrogens with zero attached hydrogens (tertiary/aromatic N) is 4. The average Bonchev–Trinajstić information content (AvgIpc) is 3.00. The van der Waals surface area contributed by atoms with Gasteiger partial charge in [-0.3, -0.25) is 23.7 Å². The van der Waals surface area contributed by atoms with Crippen LogP contribution in [0.1, 0.15) is 57.2 Å². The zero-order chi connectivity index (χ0) is 29.9. The molecule has 3 aromatic rings. The Morgan fingerprint density at radius 1 is 1.12 bits per heavy atom. The van der Waals surface area contributed by atoms with Crippen LogP contribution in [0.3, 0.4) is 0 Å². The van der Waals surface area contributed by atoms with Gasteiger partial charge in [-0.1, -0.05) is 44.5 Å². The molecule has 0 atom stereocenters. The van der Waals surface area contributed by atoms with E-state index in [4.69, 9.17) is 4.74 Å². The Morgan fingerprint density at radius 3 is 2.39 bits per heavy atom. The van der Waals surface area contributed by atoms with Crippen LogP contribution in [0.4, 0.5) is 8.78 Å². The van der Waals surface area contributed by atoms with Crippen molar-refractivity contribution in [2.75, 3.05) is 26.4 Å². The molecule has 220 valence electrons. The van der Waals surface area contributed by atoms with Crippen molar-refractivity contribution in [2.24, 2.45) is 4.99 Å². The van der Waals surface area contributed by atoms with Crippen LogP contribution in [0.15, 0.2) is 63.1 Å². The topological polar surface area (TPSA) is 85.9 Å². The number of aliphatic imine (C=N–C) groups is 1. The van der Waals surface area contributed by atoms with Crippen molar-refractivity contribution >= 4 is 29.7 Å². The van der Waals surface area contributed by atoms with E-state index in [0.29, 0.717) is 42.7 Å². The maximum absolute atomic E-state index is 13.8. The molecule has 0 spiro atoms. The number of fused-ring (bicyclic) bond motifs is 1. The lowest BCUT2D eigenvalue weighted by Gasteiger charge is -2.31. The minimum Gasteiger partial charge on any atom is -0.485 e. The minimum atomic E-state index is -1.28. The molecule has 0 saturated carbocycles. The Morgan fingerprint density at radius 2 is 1.80 bits per heavy atom. The monoisotopic (exact) mass is 568 g/mol. The molecule has 10 heteroatoms. The smallest absolute Gasteiger partial charge is 0.332 e. The zero-order valence-corrected chi connectivity index (χ0v) is 23.9. The second-order valence-electron chi connectivity index (χ2n) is 9.88. The summed E-state index contributed by atoms with van der Waals surface area (Å²) in [4.78, 5) is 44.3. The normalized spacial score (nSPS) is 14.1. The highest BCUT2D eigenvalue weighted by Gasteiger charge is 2.25. The van der Waals surface area contributed by atoms with Crippen LogP contribution < -0.4 is 16.0 Å². The summed E-state index contributed by atoms with van der Waals surface area (Å²) < 4.78 is 34.3. The van der Waals surface area contributed by atoms with Gasteiger partial charge in [0.15, 0.2) is 6.10 Å². The van der Waals surface area contributed by atoms with Crippen LogP contribution in [0, 0.1) is 0 Å². The number of ether oxygens (including phenoxy) is 1. The number of allylic oxidation sites excluding steroid dienone is 1. The first-order valence-corrected chi connectivity index (χ1v) is 13.8. The van der Waals surface area contributed by atoms with E-state index in [1.807, 2.05) is 37.3 Å². The van der Waals surface area contributed by atoms with E-state index >= 15 is 0 Å². The van der Waals surface area contributed by atoms with Gasteiger partial charge in [0.05, 0.1) is 23.1 Å². The van der Waals surface area contributed by atoms with Crippen LogP contribution >= 0.6 is 0 Å². The molecule has 1 amide bonds. The number of piperidine rings is 1. The van der Waals surface area contributed by atoms with Gasteiger partial charge >= 0.3 is 5.69 Å². The Balaban J connectivity index is 0.00000147. The molecule has 0 aliphatic carbocycles. The summed E-state index contributed by atoms with van der Waals surface area (Å²) in [6.45, 7) is 8.63.